The molecular formula is C13H19Br2NO. The summed E-state index contributed by atoms with van der Waals surface area (Å²) in [5, 5.41) is 0.952. The molecule has 0 saturated carbocycles. The van der Waals surface area contributed by atoms with Crippen LogP contribution in [0.25, 0.3) is 0 Å². The molecule has 0 amide bonds. The van der Waals surface area contributed by atoms with Crippen LogP contribution in [0, 0.1) is 0 Å². The average molecular weight is 365 g/mol. The molecule has 0 saturated heterocycles. The molecule has 0 spiro atoms. The molecule has 0 radical (unpaired) electrons. The van der Waals surface area contributed by atoms with Gasteiger partial charge in [0.1, 0.15) is 5.75 Å². The van der Waals surface area contributed by atoms with Gasteiger partial charge in [0, 0.05) is 17.4 Å². The SMILES string of the molecule is COc1ccc(CN(C)C(C)(C)CBr)cc1Br. The molecule has 0 bridgehead atoms. The van der Waals surface area contributed by atoms with Crippen molar-refractivity contribution < 1.29 is 4.74 Å². The van der Waals surface area contributed by atoms with E-state index in [1.807, 2.05) is 6.07 Å². The van der Waals surface area contributed by atoms with Gasteiger partial charge in [0.2, 0.25) is 0 Å². The van der Waals surface area contributed by atoms with Gasteiger partial charge in [0.05, 0.1) is 11.6 Å². The Morgan fingerprint density at radius 3 is 2.47 bits per heavy atom. The Labute approximate surface area is 121 Å². The highest BCUT2D eigenvalue weighted by Gasteiger charge is 2.21. The molecule has 96 valence electrons. The first kappa shape index (κ1) is 15.0. The minimum absolute atomic E-state index is 0.145. The number of nitrogens with zero attached hydrogens (tertiary/aromatic N) is 1. The van der Waals surface area contributed by atoms with Crippen LogP contribution in [-0.2, 0) is 6.54 Å². The lowest BCUT2D eigenvalue weighted by Gasteiger charge is -2.34. The number of benzene rings is 1. The Kier molecular flexibility index (Phi) is 5.48. The summed E-state index contributed by atoms with van der Waals surface area (Å²) in [6, 6.07) is 6.21. The van der Waals surface area contributed by atoms with Crippen molar-refractivity contribution in [3.8, 4) is 5.75 Å². The number of ether oxygens (including phenoxy) is 1. The Balaban J connectivity index is 2.79. The summed E-state index contributed by atoms with van der Waals surface area (Å²) in [6.07, 6.45) is 0. The molecule has 0 fully saturated rings. The van der Waals surface area contributed by atoms with Crippen molar-refractivity contribution in [1.29, 1.82) is 0 Å². The summed E-state index contributed by atoms with van der Waals surface area (Å²) in [5.41, 5.74) is 1.42. The van der Waals surface area contributed by atoms with Gasteiger partial charge < -0.3 is 4.74 Å². The van der Waals surface area contributed by atoms with Crippen molar-refractivity contribution in [3.63, 3.8) is 0 Å². The number of hydrogen-bond donors (Lipinski definition) is 0. The summed E-state index contributed by atoms with van der Waals surface area (Å²) in [6.45, 7) is 5.36. The second-order valence-corrected chi connectivity index (χ2v) is 6.19. The van der Waals surface area contributed by atoms with E-state index in [1.165, 1.54) is 5.56 Å². The van der Waals surface area contributed by atoms with E-state index in [0.29, 0.717) is 0 Å². The number of halogens is 2. The Morgan fingerprint density at radius 2 is 2.00 bits per heavy atom. The first-order valence-electron chi connectivity index (χ1n) is 5.50. The van der Waals surface area contributed by atoms with Gasteiger partial charge in [-0.1, -0.05) is 22.0 Å². The molecular weight excluding hydrogens is 346 g/mol. The van der Waals surface area contributed by atoms with Gasteiger partial charge in [-0.2, -0.15) is 0 Å². The van der Waals surface area contributed by atoms with E-state index >= 15 is 0 Å². The fourth-order valence-corrected chi connectivity index (χ4v) is 2.41. The zero-order chi connectivity index (χ0) is 13.1. The van der Waals surface area contributed by atoms with Crippen LogP contribution < -0.4 is 4.74 Å². The molecule has 0 N–H and O–H groups in total. The molecule has 0 heterocycles. The lowest BCUT2D eigenvalue weighted by Crippen LogP contribution is -2.41. The predicted octanol–water partition coefficient (Wildman–Crippen LogP) is 4.06. The zero-order valence-electron chi connectivity index (χ0n) is 10.8. The third-order valence-corrected chi connectivity index (χ3v) is 4.99. The third-order valence-electron chi connectivity index (χ3n) is 3.00. The molecule has 1 aromatic carbocycles. The van der Waals surface area contributed by atoms with Crippen molar-refractivity contribution in [1.82, 2.24) is 4.90 Å². The van der Waals surface area contributed by atoms with Gasteiger partial charge in [0.25, 0.3) is 0 Å². The minimum Gasteiger partial charge on any atom is -0.496 e. The molecule has 0 aliphatic rings. The standard InChI is InChI=1S/C13H19Br2NO/c1-13(2,9-14)16(3)8-10-5-6-12(17-4)11(15)7-10/h5-7H,8-9H2,1-4H3. The molecule has 0 aliphatic carbocycles. The van der Waals surface area contributed by atoms with Crippen molar-refractivity contribution >= 4 is 31.9 Å². The molecule has 0 aromatic heterocycles. The van der Waals surface area contributed by atoms with Crippen LogP contribution in [-0.4, -0.2) is 29.9 Å². The van der Waals surface area contributed by atoms with Crippen LogP contribution in [0.5, 0.6) is 5.75 Å². The molecule has 4 heteroatoms. The topological polar surface area (TPSA) is 12.5 Å². The molecule has 1 rings (SSSR count). The number of rotatable bonds is 5. The van der Waals surface area contributed by atoms with Crippen LogP contribution >= 0.6 is 31.9 Å². The van der Waals surface area contributed by atoms with Gasteiger partial charge in [-0.05, 0) is 54.5 Å². The van der Waals surface area contributed by atoms with E-state index < -0.39 is 0 Å². The molecule has 1 aromatic rings. The maximum atomic E-state index is 5.23. The van der Waals surface area contributed by atoms with Gasteiger partial charge >= 0.3 is 0 Å². The van der Waals surface area contributed by atoms with Crippen LogP contribution in [0.1, 0.15) is 19.4 Å². The molecule has 0 unspecified atom stereocenters. The van der Waals surface area contributed by atoms with Crippen molar-refractivity contribution in [2.45, 2.75) is 25.9 Å². The van der Waals surface area contributed by atoms with E-state index in [4.69, 9.17) is 4.74 Å². The smallest absolute Gasteiger partial charge is 0.133 e. The maximum absolute atomic E-state index is 5.23. The van der Waals surface area contributed by atoms with Crippen LogP contribution in [0.2, 0.25) is 0 Å². The minimum atomic E-state index is 0.145. The van der Waals surface area contributed by atoms with Crippen LogP contribution in [0.3, 0.4) is 0 Å². The zero-order valence-corrected chi connectivity index (χ0v) is 13.9. The average Bonchev–Trinajstić information content (AvgIpc) is 2.29. The van der Waals surface area contributed by atoms with Crippen LogP contribution in [0.4, 0.5) is 0 Å². The highest BCUT2D eigenvalue weighted by atomic mass is 79.9. The largest absolute Gasteiger partial charge is 0.496 e. The van der Waals surface area contributed by atoms with Gasteiger partial charge in [-0.25, -0.2) is 0 Å². The first-order chi connectivity index (χ1) is 7.90. The lowest BCUT2D eigenvalue weighted by atomic mass is 10.1. The van der Waals surface area contributed by atoms with E-state index in [2.05, 4.69) is 69.8 Å². The summed E-state index contributed by atoms with van der Waals surface area (Å²) < 4.78 is 6.23. The quantitative estimate of drug-likeness (QED) is 0.730. The fraction of sp³-hybridized carbons (Fsp3) is 0.538. The normalized spacial score (nSPS) is 11.9. The van der Waals surface area contributed by atoms with E-state index in [9.17, 15) is 0 Å². The summed E-state index contributed by atoms with van der Waals surface area (Å²) in [5.74, 6) is 0.871. The second-order valence-electron chi connectivity index (χ2n) is 4.77. The van der Waals surface area contributed by atoms with Crippen molar-refractivity contribution in [2.75, 3.05) is 19.5 Å². The summed E-state index contributed by atoms with van der Waals surface area (Å²) in [7, 11) is 3.82. The second kappa shape index (κ2) is 6.21. The van der Waals surface area contributed by atoms with Gasteiger partial charge in [-0.15, -0.1) is 0 Å². The highest BCUT2D eigenvalue weighted by Crippen LogP contribution is 2.27. The van der Waals surface area contributed by atoms with E-state index in [-0.39, 0.29) is 5.54 Å². The monoisotopic (exact) mass is 363 g/mol. The maximum Gasteiger partial charge on any atom is 0.133 e. The van der Waals surface area contributed by atoms with Gasteiger partial charge in [-0.3, -0.25) is 4.90 Å². The molecule has 17 heavy (non-hydrogen) atoms. The van der Waals surface area contributed by atoms with Gasteiger partial charge in [0.15, 0.2) is 0 Å². The predicted molar refractivity (Wildman–Crippen MR) is 80.0 cm³/mol. The lowest BCUT2D eigenvalue weighted by molar-refractivity contribution is 0.173. The Bertz CT molecular complexity index is 380. The molecule has 0 atom stereocenters. The van der Waals surface area contributed by atoms with Crippen molar-refractivity contribution in [3.05, 3.63) is 28.2 Å². The van der Waals surface area contributed by atoms with Crippen molar-refractivity contribution in [2.24, 2.45) is 0 Å². The van der Waals surface area contributed by atoms with E-state index in [1.54, 1.807) is 7.11 Å². The fourth-order valence-electron chi connectivity index (χ4n) is 1.40. The van der Waals surface area contributed by atoms with Crippen LogP contribution in [0.15, 0.2) is 22.7 Å². The Hall–Kier alpha value is -0.0600. The first-order valence-corrected chi connectivity index (χ1v) is 7.42. The molecule has 2 nitrogen and oxygen atoms in total. The highest BCUT2D eigenvalue weighted by molar-refractivity contribution is 9.10. The number of alkyl halides is 1. The van der Waals surface area contributed by atoms with E-state index in [0.717, 1.165) is 22.1 Å². The molecule has 0 aliphatic heterocycles. The number of hydrogen-bond acceptors (Lipinski definition) is 2. The summed E-state index contributed by atoms with van der Waals surface area (Å²) in [4.78, 5) is 2.33. The Morgan fingerprint density at radius 1 is 1.35 bits per heavy atom. The number of methoxy groups -OCH3 is 1. The summed E-state index contributed by atoms with van der Waals surface area (Å²) >= 11 is 7.06. The third kappa shape index (κ3) is 3.97.